The molecule has 0 aliphatic rings. The normalized spacial score (nSPS) is 12.9. The number of aromatic nitrogens is 2. The second-order valence-corrected chi connectivity index (χ2v) is 10.9. The lowest BCUT2D eigenvalue weighted by Gasteiger charge is -2.27. The molecular weight excluding hydrogens is 392 g/mol. The topological polar surface area (TPSA) is 87.4 Å². The van der Waals surface area contributed by atoms with Crippen molar-refractivity contribution in [2.75, 3.05) is 0 Å². The Morgan fingerprint density at radius 2 is 1.45 bits per heavy atom. The molecule has 29 heavy (non-hydrogen) atoms. The highest BCUT2D eigenvalue weighted by Crippen LogP contribution is 2.36. The zero-order chi connectivity index (χ0) is 22.5. The van der Waals surface area contributed by atoms with Crippen LogP contribution in [0.25, 0.3) is 0 Å². The average molecular weight is 423 g/mol. The summed E-state index contributed by atoms with van der Waals surface area (Å²) in [5.41, 5.74) is -0.237. The molecule has 0 amide bonds. The third kappa shape index (κ3) is 4.32. The van der Waals surface area contributed by atoms with Crippen LogP contribution in [-0.2, 0) is 35.0 Å². The highest BCUT2D eigenvalue weighted by molar-refractivity contribution is 7.87. The number of nitrogens with zero attached hydrogens (tertiary/aromatic N) is 2. The first-order valence-electron chi connectivity index (χ1n) is 9.34. The molecule has 0 unspecified atom stereocenters. The van der Waals surface area contributed by atoms with Crippen molar-refractivity contribution in [3.63, 3.8) is 0 Å². The van der Waals surface area contributed by atoms with E-state index in [1.54, 1.807) is 6.07 Å². The van der Waals surface area contributed by atoms with Gasteiger partial charge in [0.25, 0.3) is 5.56 Å². The van der Waals surface area contributed by atoms with Gasteiger partial charge in [-0.1, -0.05) is 53.7 Å². The number of hydrogen-bond acceptors (Lipinski definition) is 5. The molecule has 8 heteroatoms. The Labute approximate surface area is 172 Å². The summed E-state index contributed by atoms with van der Waals surface area (Å²) in [5, 5.41) is 0. The van der Waals surface area contributed by atoms with E-state index in [1.807, 2.05) is 32.9 Å². The summed E-state index contributed by atoms with van der Waals surface area (Å²) in [6, 6.07) is 5.39. The van der Waals surface area contributed by atoms with E-state index >= 15 is 0 Å². The van der Waals surface area contributed by atoms with Gasteiger partial charge < -0.3 is 4.18 Å². The number of rotatable bonds is 3. The summed E-state index contributed by atoms with van der Waals surface area (Å²) >= 11 is 0. The van der Waals surface area contributed by atoms with Crippen LogP contribution in [0.2, 0.25) is 0 Å². The van der Waals surface area contributed by atoms with Gasteiger partial charge in [-0.15, -0.1) is 0 Å². The Morgan fingerprint density at radius 1 is 0.897 bits per heavy atom. The van der Waals surface area contributed by atoms with Crippen LogP contribution in [0, 0.1) is 6.92 Å². The van der Waals surface area contributed by atoms with Crippen LogP contribution in [0.4, 0.5) is 0 Å². The Hall–Kier alpha value is -2.35. The third-order valence-corrected chi connectivity index (χ3v) is 6.38. The fourth-order valence-corrected chi connectivity index (χ4v) is 4.33. The van der Waals surface area contributed by atoms with Crippen LogP contribution in [0.1, 0.15) is 58.4 Å². The Morgan fingerprint density at radius 3 is 1.93 bits per heavy atom. The fraction of sp³-hybridized carbons (Fsp3) is 0.524. The molecule has 0 atom stereocenters. The summed E-state index contributed by atoms with van der Waals surface area (Å²) in [4.78, 5) is 24.1. The van der Waals surface area contributed by atoms with E-state index in [1.165, 1.54) is 21.0 Å². The minimum Gasteiger partial charge on any atom is -0.378 e. The lowest BCUT2D eigenvalue weighted by atomic mass is 9.80. The van der Waals surface area contributed by atoms with E-state index in [2.05, 4.69) is 20.8 Å². The molecular formula is C21H30N2O5S. The first-order chi connectivity index (χ1) is 13.0. The van der Waals surface area contributed by atoms with E-state index in [4.69, 9.17) is 4.18 Å². The lowest BCUT2D eigenvalue weighted by molar-refractivity contribution is 0.463. The Kier molecular flexibility index (Phi) is 5.66. The molecule has 0 saturated heterocycles. The van der Waals surface area contributed by atoms with E-state index in [9.17, 15) is 18.0 Å². The number of benzene rings is 1. The SMILES string of the molecule is Cc1c(S(=O)(=O)Oc2ccc(C(C)(C)C)cc2C(C)(C)C)c(=O)n(C)c(=O)n1C. The molecule has 0 aliphatic carbocycles. The molecule has 0 radical (unpaired) electrons. The molecule has 0 spiro atoms. The average Bonchev–Trinajstić information content (AvgIpc) is 2.56. The van der Waals surface area contributed by atoms with Gasteiger partial charge in [-0.05, 0) is 29.4 Å². The van der Waals surface area contributed by atoms with E-state index in [0.29, 0.717) is 5.56 Å². The molecule has 7 nitrogen and oxygen atoms in total. The van der Waals surface area contributed by atoms with Crippen molar-refractivity contribution in [1.82, 2.24) is 9.13 Å². The van der Waals surface area contributed by atoms with Crippen LogP contribution in [0.5, 0.6) is 5.75 Å². The Balaban J connectivity index is 2.72. The standard InChI is InChI=1S/C21H30N2O5S/c1-13-17(18(24)23(9)19(25)22(13)8)29(26,27)28-16-11-10-14(20(2,3)4)12-15(16)21(5,6)7/h10-12H,1-9H3. The second kappa shape index (κ2) is 7.16. The minimum atomic E-state index is -4.46. The second-order valence-electron chi connectivity index (χ2n) is 9.37. The van der Waals surface area contributed by atoms with Gasteiger partial charge >= 0.3 is 15.8 Å². The summed E-state index contributed by atoms with van der Waals surface area (Å²) in [7, 11) is -1.81. The van der Waals surface area contributed by atoms with Crippen LogP contribution in [0.15, 0.2) is 32.7 Å². The van der Waals surface area contributed by atoms with Crippen LogP contribution in [-0.4, -0.2) is 17.6 Å². The molecule has 160 valence electrons. The molecule has 0 N–H and O–H groups in total. The van der Waals surface area contributed by atoms with Crippen LogP contribution < -0.4 is 15.4 Å². The van der Waals surface area contributed by atoms with Gasteiger partial charge in [0, 0.05) is 25.4 Å². The highest BCUT2D eigenvalue weighted by atomic mass is 32.2. The number of hydrogen-bond donors (Lipinski definition) is 0. The van der Waals surface area contributed by atoms with Gasteiger partial charge in [-0.2, -0.15) is 8.42 Å². The summed E-state index contributed by atoms with van der Waals surface area (Å²) in [5.74, 6) is 0.167. The van der Waals surface area contributed by atoms with E-state index in [-0.39, 0.29) is 16.9 Å². The molecule has 2 rings (SSSR count). The Bertz CT molecular complexity index is 1170. The van der Waals surface area contributed by atoms with Crippen molar-refractivity contribution in [2.45, 2.75) is 64.2 Å². The maximum atomic E-state index is 13.1. The van der Waals surface area contributed by atoms with E-state index < -0.39 is 31.7 Å². The smallest absolute Gasteiger partial charge is 0.346 e. The molecule has 2 aromatic rings. The maximum absolute atomic E-state index is 13.1. The fourth-order valence-electron chi connectivity index (χ4n) is 3.02. The van der Waals surface area contributed by atoms with Crippen molar-refractivity contribution < 1.29 is 12.6 Å². The van der Waals surface area contributed by atoms with Crippen molar-refractivity contribution in [1.29, 1.82) is 0 Å². The minimum absolute atomic E-state index is 0.0294. The maximum Gasteiger partial charge on any atom is 0.346 e. The molecule has 0 saturated carbocycles. The predicted molar refractivity (Wildman–Crippen MR) is 113 cm³/mol. The summed E-state index contributed by atoms with van der Waals surface area (Å²) in [6.45, 7) is 13.5. The predicted octanol–water partition coefficient (Wildman–Crippen LogP) is 2.76. The van der Waals surface area contributed by atoms with Gasteiger partial charge in [0.2, 0.25) is 0 Å². The summed E-state index contributed by atoms with van der Waals surface area (Å²) < 4.78 is 33.5. The monoisotopic (exact) mass is 422 g/mol. The van der Waals surface area contributed by atoms with E-state index in [0.717, 1.165) is 14.7 Å². The molecule has 0 aliphatic heterocycles. The molecule has 1 heterocycles. The largest absolute Gasteiger partial charge is 0.378 e. The molecule has 0 bridgehead atoms. The van der Waals surface area contributed by atoms with Gasteiger partial charge in [0.15, 0.2) is 4.90 Å². The van der Waals surface area contributed by atoms with Crippen molar-refractivity contribution in [2.24, 2.45) is 14.1 Å². The van der Waals surface area contributed by atoms with Gasteiger partial charge in [0.05, 0.1) is 0 Å². The lowest BCUT2D eigenvalue weighted by Crippen LogP contribution is -2.42. The molecule has 0 fully saturated rings. The third-order valence-electron chi connectivity index (χ3n) is 5.01. The van der Waals surface area contributed by atoms with Crippen molar-refractivity contribution >= 4 is 10.1 Å². The highest BCUT2D eigenvalue weighted by Gasteiger charge is 2.30. The van der Waals surface area contributed by atoms with Crippen LogP contribution >= 0.6 is 0 Å². The molecule has 1 aromatic carbocycles. The first kappa shape index (κ1) is 22.9. The van der Waals surface area contributed by atoms with Gasteiger partial charge in [-0.25, -0.2) is 4.79 Å². The zero-order valence-electron chi connectivity index (χ0n) is 18.6. The molecule has 1 aromatic heterocycles. The van der Waals surface area contributed by atoms with Crippen molar-refractivity contribution in [3.8, 4) is 5.75 Å². The van der Waals surface area contributed by atoms with Gasteiger partial charge in [-0.3, -0.25) is 13.9 Å². The van der Waals surface area contributed by atoms with Gasteiger partial charge in [0.1, 0.15) is 5.75 Å². The quantitative estimate of drug-likeness (QED) is 0.710. The van der Waals surface area contributed by atoms with Crippen LogP contribution in [0.3, 0.4) is 0 Å². The summed E-state index contributed by atoms with van der Waals surface area (Å²) in [6.07, 6.45) is 0. The van der Waals surface area contributed by atoms with Crippen molar-refractivity contribution in [3.05, 3.63) is 55.9 Å². The zero-order valence-corrected chi connectivity index (χ0v) is 19.4. The first-order valence-corrected chi connectivity index (χ1v) is 10.8.